The number of anilines is 1. The zero-order valence-corrected chi connectivity index (χ0v) is 18.1. The molecular weight excluding hydrogens is 380 g/mol. The number of halogens is 2. The average molecular weight is 416 g/mol. The van der Waals surface area contributed by atoms with Gasteiger partial charge in [-0.15, -0.1) is 0 Å². The van der Waals surface area contributed by atoms with Gasteiger partial charge in [0.1, 0.15) is 11.5 Å². The molecule has 164 valence electrons. The van der Waals surface area contributed by atoms with Crippen molar-refractivity contribution in [2.75, 3.05) is 11.9 Å². The fourth-order valence-electron chi connectivity index (χ4n) is 8.22. The van der Waals surface area contributed by atoms with Crippen LogP contribution in [0.4, 0.5) is 14.5 Å². The van der Waals surface area contributed by atoms with Crippen molar-refractivity contribution in [3.8, 4) is 0 Å². The van der Waals surface area contributed by atoms with Gasteiger partial charge in [-0.2, -0.15) is 0 Å². The van der Waals surface area contributed by atoms with Gasteiger partial charge in [-0.05, 0) is 98.7 Å². The lowest BCUT2D eigenvalue weighted by Crippen LogP contribution is -2.56. The molecule has 4 heteroatoms. The van der Waals surface area contributed by atoms with Crippen LogP contribution in [0.5, 0.6) is 0 Å². The lowest BCUT2D eigenvalue weighted by molar-refractivity contribution is -0.141. The van der Waals surface area contributed by atoms with E-state index in [1.54, 1.807) is 12.1 Å². The maximum absolute atomic E-state index is 16.2. The Labute approximate surface area is 179 Å². The Morgan fingerprint density at radius 1 is 1.07 bits per heavy atom. The summed E-state index contributed by atoms with van der Waals surface area (Å²) in [5.74, 6) is 1.43. The number of rotatable bonds is 4. The summed E-state index contributed by atoms with van der Waals surface area (Å²) in [6, 6.07) is 6.29. The van der Waals surface area contributed by atoms with Crippen LogP contribution in [0.2, 0.25) is 0 Å². The molecule has 0 spiro atoms. The second-order valence-electron chi connectivity index (χ2n) is 10.8. The first-order chi connectivity index (χ1) is 14.4. The van der Waals surface area contributed by atoms with Gasteiger partial charge >= 0.3 is 0 Å². The van der Waals surface area contributed by atoms with Crippen molar-refractivity contribution in [3.63, 3.8) is 0 Å². The van der Waals surface area contributed by atoms with Crippen LogP contribution in [0.1, 0.15) is 71.1 Å². The number of hydrogen-bond donors (Lipinski definition) is 1. The summed E-state index contributed by atoms with van der Waals surface area (Å²) in [5, 5.41) is 3.12. The van der Waals surface area contributed by atoms with Crippen LogP contribution in [-0.4, -0.2) is 18.0 Å². The predicted octanol–water partition coefficient (Wildman–Crippen LogP) is 6.56. The number of alkyl halides is 1. The van der Waals surface area contributed by atoms with Gasteiger partial charge in [-0.1, -0.05) is 25.8 Å². The van der Waals surface area contributed by atoms with Gasteiger partial charge in [0.05, 0.1) is 6.54 Å². The topological polar surface area (TPSA) is 29.1 Å². The highest BCUT2D eigenvalue weighted by Gasteiger charge is 2.62. The van der Waals surface area contributed by atoms with E-state index in [9.17, 15) is 9.18 Å². The number of fused-ring (bicyclic) bond motifs is 5. The third-order valence-electron chi connectivity index (χ3n) is 9.62. The minimum Gasteiger partial charge on any atom is -0.378 e. The maximum Gasteiger partial charge on any atom is 0.155 e. The van der Waals surface area contributed by atoms with E-state index >= 15 is 4.39 Å². The van der Waals surface area contributed by atoms with Crippen LogP contribution in [0.3, 0.4) is 0 Å². The van der Waals surface area contributed by atoms with Gasteiger partial charge in [0.2, 0.25) is 0 Å². The molecule has 0 aromatic heterocycles. The number of Topliss-reactive ketones (excluding diaryl/α,β-unsaturated/α-hetero) is 1. The van der Waals surface area contributed by atoms with E-state index in [0.717, 1.165) is 57.8 Å². The van der Waals surface area contributed by atoms with Gasteiger partial charge in [-0.3, -0.25) is 4.79 Å². The number of carbonyl (C=O) groups is 1. The number of nitrogens with one attached hydrogen (secondary N) is 1. The van der Waals surface area contributed by atoms with E-state index in [4.69, 9.17) is 0 Å². The van der Waals surface area contributed by atoms with E-state index in [0.29, 0.717) is 17.5 Å². The fraction of sp³-hybridized carbons (Fsp3) is 0.731. The van der Waals surface area contributed by atoms with E-state index in [1.807, 2.05) is 0 Å². The molecule has 4 aliphatic carbocycles. The summed E-state index contributed by atoms with van der Waals surface area (Å²) in [6.07, 6.45) is 10.2. The van der Waals surface area contributed by atoms with Crippen molar-refractivity contribution in [1.82, 2.24) is 0 Å². The molecule has 7 atom stereocenters. The Balaban J connectivity index is 1.29. The van der Waals surface area contributed by atoms with Crippen molar-refractivity contribution >= 4 is 11.5 Å². The van der Waals surface area contributed by atoms with Crippen LogP contribution < -0.4 is 5.32 Å². The molecule has 1 aromatic rings. The Morgan fingerprint density at radius 2 is 1.93 bits per heavy atom. The summed E-state index contributed by atoms with van der Waals surface area (Å²) in [5.41, 5.74) is -0.287. The van der Waals surface area contributed by atoms with Crippen LogP contribution in [0.15, 0.2) is 24.3 Å². The molecule has 2 nitrogen and oxygen atoms in total. The minimum atomic E-state index is -0.941. The third kappa shape index (κ3) is 3.20. The molecule has 5 rings (SSSR count). The SMILES string of the molecule is C[C@]12CCC3[C@@H](CC[C@@H]4CCCC[C@]34F)C1CC[C@@H]2C(=O)CNc1cccc(F)c1. The largest absolute Gasteiger partial charge is 0.378 e. The summed E-state index contributed by atoms with van der Waals surface area (Å²) in [4.78, 5) is 13.2. The normalized spacial score (nSPS) is 42.7. The fourth-order valence-corrected chi connectivity index (χ4v) is 8.22. The quantitative estimate of drug-likeness (QED) is 0.603. The predicted molar refractivity (Wildman–Crippen MR) is 115 cm³/mol. The van der Waals surface area contributed by atoms with Gasteiger partial charge in [0, 0.05) is 11.6 Å². The Kier molecular flexibility index (Phi) is 5.18. The molecular formula is C26H35F2NO. The van der Waals surface area contributed by atoms with E-state index in [1.165, 1.54) is 18.6 Å². The second kappa shape index (κ2) is 7.60. The monoisotopic (exact) mass is 415 g/mol. The number of hydrogen-bond acceptors (Lipinski definition) is 2. The van der Waals surface area contributed by atoms with Crippen molar-refractivity contribution in [2.24, 2.45) is 35.0 Å². The maximum atomic E-state index is 16.2. The Morgan fingerprint density at radius 3 is 2.77 bits per heavy atom. The number of carbonyl (C=O) groups excluding carboxylic acids is 1. The first-order valence-electron chi connectivity index (χ1n) is 12.1. The first-order valence-corrected chi connectivity index (χ1v) is 12.1. The van der Waals surface area contributed by atoms with E-state index < -0.39 is 5.67 Å². The molecule has 0 amide bonds. The number of ketones is 1. The summed E-state index contributed by atoms with van der Waals surface area (Å²) in [7, 11) is 0. The van der Waals surface area contributed by atoms with Crippen LogP contribution >= 0.6 is 0 Å². The Hall–Kier alpha value is -1.45. The lowest BCUT2D eigenvalue weighted by Gasteiger charge is -2.58. The zero-order valence-electron chi connectivity index (χ0n) is 18.1. The second-order valence-corrected chi connectivity index (χ2v) is 10.8. The van der Waals surface area contributed by atoms with Crippen molar-refractivity contribution in [3.05, 3.63) is 30.1 Å². The minimum absolute atomic E-state index is 0.000267. The van der Waals surface area contributed by atoms with Gasteiger partial charge in [0.25, 0.3) is 0 Å². The van der Waals surface area contributed by atoms with Gasteiger partial charge in [0.15, 0.2) is 5.78 Å². The summed E-state index contributed by atoms with van der Waals surface area (Å²) >= 11 is 0. The highest BCUT2D eigenvalue weighted by molar-refractivity contribution is 5.86. The van der Waals surface area contributed by atoms with E-state index in [-0.39, 0.29) is 41.3 Å². The molecule has 0 bridgehead atoms. The van der Waals surface area contributed by atoms with Crippen LogP contribution in [0.25, 0.3) is 0 Å². The first kappa shape index (κ1) is 20.5. The average Bonchev–Trinajstić information content (AvgIpc) is 3.09. The zero-order chi connectivity index (χ0) is 20.9. The van der Waals surface area contributed by atoms with Gasteiger partial charge < -0.3 is 5.32 Å². The molecule has 1 N–H and O–H groups in total. The molecule has 0 heterocycles. The molecule has 0 aliphatic heterocycles. The smallest absolute Gasteiger partial charge is 0.155 e. The Bertz CT molecular complexity index is 812. The highest BCUT2D eigenvalue weighted by Crippen LogP contribution is 2.66. The molecule has 30 heavy (non-hydrogen) atoms. The summed E-state index contributed by atoms with van der Waals surface area (Å²) in [6.45, 7) is 2.56. The van der Waals surface area contributed by atoms with E-state index in [2.05, 4.69) is 12.2 Å². The standard InChI is InChI=1S/C26H35F2NO/c1-25-14-12-22-20(9-8-17-5-2-3-13-26(17,22)28)21(25)10-11-23(25)24(30)16-29-19-7-4-6-18(27)15-19/h4,6-7,15,17,20-23,29H,2-3,5,8-14,16H2,1H3/t17-,20-,21?,22?,23+,25-,26+/m0/s1. The third-order valence-corrected chi connectivity index (χ3v) is 9.62. The number of benzene rings is 1. The molecule has 4 aliphatic rings. The highest BCUT2D eigenvalue weighted by atomic mass is 19.1. The molecule has 0 saturated heterocycles. The molecule has 2 unspecified atom stereocenters. The summed E-state index contributed by atoms with van der Waals surface area (Å²) < 4.78 is 29.7. The molecule has 4 fully saturated rings. The van der Waals surface area contributed by atoms with Crippen molar-refractivity contribution < 1.29 is 13.6 Å². The molecule has 4 saturated carbocycles. The van der Waals surface area contributed by atoms with Crippen molar-refractivity contribution in [2.45, 2.75) is 76.8 Å². The lowest BCUT2D eigenvalue weighted by atomic mass is 9.48. The molecule has 1 aromatic carbocycles. The van der Waals surface area contributed by atoms with Crippen LogP contribution in [0, 0.1) is 40.8 Å². The molecule has 0 radical (unpaired) electrons. The van der Waals surface area contributed by atoms with Crippen LogP contribution in [-0.2, 0) is 4.79 Å². The van der Waals surface area contributed by atoms with Crippen molar-refractivity contribution in [1.29, 1.82) is 0 Å². The van der Waals surface area contributed by atoms with Gasteiger partial charge in [-0.25, -0.2) is 8.78 Å².